The fourth-order valence-electron chi connectivity index (χ4n) is 1.45. The van der Waals surface area contributed by atoms with Gasteiger partial charge in [0.2, 0.25) is 0 Å². The smallest absolute Gasteiger partial charge is 0.168 e. The molecule has 0 aliphatic carbocycles. The van der Waals surface area contributed by atoms with Crippen LogP contribution in [0.5, 0.6) is 0 Å². The summed E-state index contributed by atoms with van der Waals surface area (Å²) in [6.07, 6.45) is -1.45. The number of hydrogen-bond acceptors (Lipinski definition) is 2. The molecule has 0 aromatic heterocycles. The van der Waals surface area contributed by atoms with Crippen molar-refractivity contribution in [2.45, 2.75) is 38.8 Å². The van der Waals surface area contributed by atoms with Crippen LogP contribution in [0.25, 0.3) is 10.4 Å². The Hall–Kier alpha value is -0.800. The van der Waals surface area contributed by atoms with Crippen LogP contribution in [-0.4, -0.2) is 18.5 Å². The maximum atomic E-state index is 13.2. The van der Waals surface area contributed by atoms with E-state index in [4.69, 9.17) is 10.3 Å². The topological polar surface area (TPSA) is 58.0 Å². The van der Waals surface area contributed by atoms with Crippen molar-refractivity contribution in [3.8, 4) is 0 Å². The maximum Gasteiger partial charge on any atom is 0.168 e. The molecule has 12 heavy (non-hydrogen) atoms. The molecule has 1 fully saturated rings. The van der Waals surface area contributed by atoms with Gasteiger partial charge in [-0.3, -0.25) is 0 Å². The molecular formula is C7H12FN3O. The van der Waals surface area contributed by atoms with E-state index in [-0.39, 0.29) is 12.0 Å². The van der Waals surface area contributed by atoms with Gasteiger partial charge in [0.25, 0.3) is 0 Å². The van der Waals surface area contributed by atoms with E-state index in [0.717, 1.165) is 6.42 Å². The molecule has 1 aliphatic heterocycles. The van der Waals surface area contributed by atoms with Gasteiger partial charge in [-0.15, -0.1) is 0 Å². The van der Waals surface area contributed by atoms with Crippen molar-refractivity contribution in [2.75, 3.05) is 0 Å². The Kier molecular flexibility index (Phi) is 2.89. The molecule has 0 unspecified atom stereocenters. The summed E-state index contributed by atoms with van der Waals surface area (Å²) in [5, 5.41) is 3.24. The SMILES string of the molecule is CC[C@H]1O[C@@H](N=[N+]=[N-])[C@@H](F)[C@@H]1C. The van der Waals surface area contributed by atoms with Crippen molar-refractivity contribution in [2.24, 2.45) is 11.0 Å². The fraction of sp³-hybridized carbons (Fsp3) is 1.00. The van der Waals surface area contributed by atoms with E-state index in [0.29, 0.717) is 0 Å². The van der Waals surface area contributed by atoms with Crippen molar-refractivity contribution in [1.29, 1.82) is 0 Å². The zero-order chi connectivity index (χ0) is 9.14. The summed E-state index contributed by atoms with van der Waals surface area (Å²) in [5.41, 5.74) is 8.10. The summed E-state index contributed by atoms with van der Waals surface area (Å²) in [6.45, 7) is 3.69. The molecule has 0 bridgehead atoms. The predicted molar refractivity (Wildman–Crippen MR) is 42.2 cm³/mol. The lowest BCUT2D eigenvalue weighted by molar-refractivity contribution is 0.0282. The van der Waals surface area contributed by atoms with Gasteiger partial charge in [0, 0.05) is 10.8 Å². The summed E-state index contributed by atoms with van der Waals surface area (Å²) in [5.74, 6) is -0.175. The van der Waals surface area contributed by atoms with Crippen LogP contribution in [0.2, 0.25) is 0 Å². The molecule has 5 heteroatoms. The van der Waals surface area contributed by atoms with Crippen molar-refractivity contribution in [1.82, 2.24) is 0 Å². The molecule has 0 amide bonds. The summed E-state index contributed by atoms with van der Waals surface area (Å²) in [7, 11) is 0. The van der Waals surface area contributed by atoms with Crippen LogP contribution >= 0.6 is 0 Å². The van der Waals surface area contributed by atoms with E-state index < -0.39 is 12.4 Å². The fourth-order valence-corrected chi connectivity index (χ4v) is 1.45. The first-order valence-corrected chi connectivity index (χ1v) is 4.04. The molecule has 1 heterocycles. The quantitative estimate of drug-likeness (QED) is 0.359. The molecule has 0 saturated carbocycles. The molecule has 0 spiro atoms. The first kappa shape index (κ1) is 9.29. The van der Waals surface area contributed by atoms with Gasteiger partial charge in [0.15, 0.2) is 6.23 Å². The molecule has 0 N–H and O–H groups in total. The highest BCUT2D eigenvalue weighted by Crippen LogP contribution is 2.31. The lowest BCUT2D eigenvalue weighted by atomic mass is 10.0. The van der Waals surface area contributed by atoms with Crippen molar-refractivity contribution >= 4 is 0 Å². The predicted octanol–water partition coefficient (Wildman–Crippen LogP) is 2.41. The van der Waals surface area contributed by atoms with Crippen molar-refractivity contribution in [3.63, 3.8) is 0 Å². The summed E-state index contributed by atoms with van der Waals surface area (Å²) in [4.78, 5) is 2.53. The summed E-state index contributed by atoms with van der Waals surface area (Å²) < 4.78 is 18.4. The number of ether oxygens (including phenoxy) is 1. The molecule has 68 valence electrons. The van der Waals surface area contributed by atoms with Gasteiger partial charge in [0.05, 0.1) is 6.10 Å². The second-order valence-electron chi connectivity index (χ2n) is 2.98. The highest BCUT2D eigenvalue weighted by molar-refractivity contribution is 4.86. The van der Waals surface area contributed by atoms with Crippen LogP contribution in [0.4, 0.5) is 4.39 Å². The third-order valence-electron chi connectivity index (χ3n) is 2.24. The van der Waals surface area contributed by atoms with Crippen LogP contribution in [0.15, 0.2) is 5.11 Å². The third-order valence-corrected chi connectivity index (χ3v) is 2.24. The minimum absolute atomic E-state index is 0.115. The van der Waals surface area contributed by atoms with Gasteiger partial charge >= 0.3 is 0 Å². The largest absolute Gasteiger partial charge is 0.365 e. The Morgan fingerprint density at radius 2 is 2.33 bits per heavy atom. The molecule has 0 aromatic rings. The third kappa shape index (κ3) is 1.52. The Morgan fingerprint density at radius 1 is 1.67 bits per heavy atom. The lowest BCUT2D eigenvalue weighted by Crippen LogP contribution is -2.18. The maximum absolute atomic E-state index is 13.2. The molecule has 1 rings (SSSR count). The van der Waals surface area contributed by atoms with E-state index >= 15 is 0 Å². The first-order valence-electron chi connectivity index (χ1n) is 4.04. The second kappa shape index (κ2) is 3.74. The van der Waals surface area contributed by atoms with Gasteiger partial charge in [-0.25, -0.2) is 4.39 Å². The van der Waals surface area contributed by atoms with E-state index in [1.54, 1.807) is 6.92 Å². The normalized spacial score (nSPS) is 40.9. The summed E-state index contributed by atoms with van der Waals surface area (Å²) in [6, 6.07) is 0. The number of rotatable bonds is 2. The van der Waals surface area contributed by atoms with E-state index in [1.807, 2.05) is 6.92 Å². The van der Waals surface area contributed by atoms with Crippen LogP contribution < -0.4 is 0 Å². The number of halogens is 1. The van der Waals surface area contributed by atoms with Gasteiger partial charge in [-0.05, 0) is 12.0 Å². The van der Waals surface area contributed by atoms with Gasteiger partial charge < -0.3 is 4.74 Å². The minimum atomic E-state index is -1.16. The molecule has 0 aromatic carbocycles. The molecule has 4 atom stereocenters. The van der Waals surface area contributed by atoms with Gasteiger partial charge in [-0.2, -0.15) is 0 Å². The number of nitrogens with zero attached hydrogens (tertiary/aromatic N) is 3. The van der Waals surface area contributed by atoms with Gasteiger partial charge in [0.1, 0.15) is 6.17 Å². The van der Waals surface area contributed by atoms with Crippen LogP contribution in [0, 0.1) is 5.92 Å². The van der Waals surface area contributed by atoms with Crippen LogP contribution in [0.3, 0.4) is 0 Å². The Morgan fingerprint density at radius 3 is 2.75 bits per heavy atom. The Balaban J connectivity index is 2.66. The Labute approximate surface area is 70.3 Å². The molecule has 1 aliphatic rings. The minimum Gasteiger partial charge on any atom is -0.365 e. The number of azide groups is 1. The van der Waals surface area contributed by atoms with E-state index in [2.05, 4.69) is 10.0 Å². The molecule has 1 saturated heterocycles. The standard InChI is InChI=1S/C7H12FN3O/c1-3-5-4(2)6(8)7(12-5)10-11-9/h4-7H,3H2,1-2H3/t4-,5-,6+,7-/m1/s1. The first-order chi connectivity index (χ1) is 5.70. The Bertz CT molecular complexity index is 205. The van der Waals surface area contributed by atoms with Crippen LogP contribution in [0.1, 0.15) is 20.3 Å². The highest BCUT2D eigenvalue weighted by Gasteiger charge is 2.40. The average molecular weight is 173 g/mol. The molecule has 0 radical (unpaired) electrons. The monoisotopic (exact) mass is 173 g/mol. The number of alkyl halides is 1. The van der Waals surface area contributed by atoms with E-state index in [1.165, 1.54) is 0 Å². The highest BCUT2D eigenvalue weighted by atomic mass is 19.1. The second-order valence-corrected chi connectivity index (χ2v) is 2.98. The van der Waals surface area contributed by atoms with Crippen molar-refractivity contribution in [3.05, 3.63) is 10.4 Å². The average Bonchev–Trinajstić information content (AvgIpc) is 2.33. The van der Waals surface area contributed by atoms with Crippen molar-refractivity contribution < 1.29 is 9.13 Å². The lowest BCUT2D eigenvalue weighted by Gasteiger charge is -2.10. The van der Waals surface area contributed by atoms with Crippen LogP contribution in [-0.2, 0) is 4.74 Å². The zero-order valence-electron chi connectivity index (χ0n) is 7.14. The molecule has 4 nitrogen and oxygen atoms in total. The van der Waals surface area contributed by atoms with Gasteiger partial charge in [-0.1, -0.05) is 19.0 Å². The zero-order valence-corrected chi connectivity index (χ0v) is 7.14. The summed E-state index contributed by atoms with van der Waals surface area (Å²) >= 11 is 0. The molecular weight excluding hydrogens is 161 g/mol. The number of hydrogen-bond donors (Lipinski definition) is 0. The van der Waals surface area contributed by atoms with E-state index in [9.17, 15) is 4.39 Å².